The van der Waals surface area contributed by atoms with Crippen molar-refractivity contribution in [2.45, 2.75) is 35.9 Å². The molecule has 1 fully saturated rings. The number of rotatable bonds is 7. The predicted molar refractivity (Wildman–Crippen MR) is 128 cm³/mol. The average molecular weight is 535 g/mol. The number of carbonyl (C=O) groups excluding carboxylic acids is 2. The third kappa shape index (κ3) is 4.57. The lowest BCUT2D eigenvalue weighted by atomic mass is 9.72. The summed E-state index contributed by atoms with van der Waals surface area (Å²) in [5, 5.41) is 19.5. The maximum Gasteiger partial charge on any atom is 0.302 e. The number of aliphatic hydroxyl groups is 2. The minimum absolute atomic E-state index is 0.00502. The van der Waals surface area contributed by atoms with Crippen molar-refractivity contribution in [1.29, 1.82) is 0 Å². The maximum atomic E-state index is 15.3. The van der Waals surface area contributed by atoms with Crippen LogP contribution in [0.5, 0.6) is 0 Å². The average Bonchev–Trinajstić information content (AvgIpc) is 3.10. The molecule has 2 aromatic rings. The molecule has 8 nitrogen and oxygen atoms in total. The Labute approximate surface area is 211 Å². The van der Waals surface area contributed by atoms with Crippen LogP contribution in [0, 0.1) is 5.92 Å². The first-order valence-electron chi connectivity index (χ1n) is 11.3. The zero-order valence-corrected chi connectivity index (χ0v) is 20.3. The maximum absolute atomic E-state index is 15.3. The number of halogens is 2. The molecule has 0 radical (unpaired) electrons. The molecule has 11 heteroatoms. The van der Waals surface area contributed by atoms with Gasteiger partial charge in [0, 0.05) is 28.2 Å². The largest absolute Gasteiger partial charge is 0.394 e. The third-order valence-electron chi connectivity index (χ3n) is 6.79. The van der Waals surface area contributed by atoms with Gasteiger partial charge in [-0.25, -0.2) is 8.78 Å². The van der Waals surface area contributed by atoms with E-state index in [2.05, 4.69) is 0 Å². The topological polar surface area (TPSA) is 138 Å². The highest BCUT2D eigenvalue weighted by Gasteiger charge is 2.66. The highest BCUT2D eigenvalue weighted by Crippen LogP contribution is 2.50. The van der Waals surface area contributed by atoms with Crippen LogP contribution >= 0.6 is 0 Å². The molecule has 4 rings (SSSR count). The third-order valence-corrected chi connectivity index (χ3v) is 8.27. The van der Waals surface area contributed by atoms with E-state index in [4.69, 9.17) is 4.74 Å². The molecule has 0 amide bonds. The number of ketones is 2. The van der Waals surface area contributed by atoms with Crippen molar-refractivity contribution in [2.24, 2.45) is 5.92 Å². The highest BCUT2D eigenvalue weighted by molar-refractivity contribution is 7.87. The zero-order valence-electron chi connectivity index (χ0n) is 19.5. The molecule has 5 atom stereocenters. The number of aliphatic hydroxyl groups excluding tert-OH is 2. The van der Waals surface area contributed by atoms with E-state index < -0.39 is 68.8 Å². The minimum Gasteiger partial charge on any atom is -0.394 e. The van der Waals surface area contributed by atoms with Crippen LogP contribution in [-0.2, 0) is 14.9 Å². The molecule has 196 valence electrons. The molecule has 1 saturated heterocycles. The molecule has 0 bridgehead atoms. The second kappa shape index (κ2) is 9.66. The lowest BCUT2D eigenvalue weighted by Gasteiger charge is -2.41. The van der Waals surface area contributed by atoms with Gasteiger partial charge in [0.15, 0.2) is 11.6 Å². The van der Waals surface area contributed by atoms with E-state index >= 15 is 8.78 Å². The fourth-order valence-corrected chi connectivity index (χ4v) is 5.62. The summed E-state index contributed by atoms with van der Waals surface area (Å²) in [6.45, 7) is -0.115. The summed E-state index contributed by atoms with van der Waals surface area (Å²) in [6, 6.07) is 15.0. The van der Waals surface area contributed by atoms with E-state index in [1.807, 2.05) is 0 Å². The van der Waals surface area contributed by atoms with E-state index in [1.165, 1.54) is 36.4 Å². The molecular formula is C26H24F2O8S. The Morgan fingerprint density at radius 1 is 0.973 bits per heavy atom. The van der Waals surface area contributed by atoms with Crippen LogP contribution in [0.1, 0.15) is 27.6 Å². The standard InChI is InChI=1S/C26H24F2O8S/c1-25(37(33,34)35)13-17(21(30)15-8-4-2-5-9-15)12-18(22(31)16-10-6-3-7-11-16)20(25)24-26(27,28)23(32)19(14-29)36-24/h2-13,19-20,23-24,29,32H,14H2,1H3,(H,33,34,35)/t19-,20?,23-,24?,25?/m1/s1. The van der Waals surface area contributed by atoms with Crippen LogP contribution in [0.4, 0.5) is 8.78 Å². The summed E-state index contributed by atoms with van der Waals surface area (Å²) in [5.74, 6) is -7.79. The second-order valence-electron chi connectivity index (χ2n) is 9.12. The van der Waals surface area contributed by atoms with Crippen LogP contribution in [0.15, 0.2) is 84.0 Å². The van der Waals surface area contributed by atoms with Crippen molar-refractivity contribution in [2.75, 3.05) is 6.61 Å². The number of benzene rings is 2. The number of Topliss-reactive ketones (excluding diaryl/α,β-unsaturated/α-hetero) is 2. The van der Waals surface area contributed by atoms with Gasteiger partial charge in [-0.1, -0.05) is 60.7 Å². The van der Waals surface area contributed by atoms with Gasteiger partial charge in [-0.2, -0.15) is 8.42 Å². The Balaban J connectivity index is 1.97. The van der Waals surface area contributed by atoms with Crippen molar-refractivity contribution < 1.29 is 46.3 Å². The summed E-state index contributed by atoms with van der Waals surface area (Å²) < 4.78 is 69.1. The number of allylic oxidation sites excluding steroid dienone is 2. The van der Waals surface area contributed by atoms with Gasteiger partial charge in [-0.15, -0.1) is 0 Å². The lowest BCUT2D eigenvalue weighted by molar-refractivity contribution is -0.126. The Morgan fingerprint density at radius 3 is 1.95 bits per heavy atom. The normalized spacial score (nSPS) is 29.4. The first-order chi connectivity index (χ1) is 17.3. The first kappa shape index (κ1) is 27.0. The number of ether oxygens (including phenoxy) is 1. The van der Waals surface area contributed by atoms with Crippen LogP contribution in [0.25, 0.3) is 0 Å². The zero-order chi connectivity index (χ0) is 27.2. The smallest absolute Gasteiger partial charge is 0.302 e. The quantitative estimate of drug-likeness (QED) is 0.364. The molecule has 0 aromatic heterocycles. The predicted octanol–water partition coefficient (Wildman–Crippen LogP) is 2.64. The fourth-order valence-electron chi connectivity index (χ4n) is 4.77. The lowest BCUT2D eigenvalue weighted by Crippen LogP contribution is -2.55. The van der Waals surface area contributed by atoms with Crippen LogP contribution < -0.4 is 0 Å². The van der Waals surface area contributed by atoms with E-state index in [-0.39, 0.29) is 16.7 Å². The molecule has 2 aliphatic rings. The van der Waals surface area contributed by atoms with Crippen molar-refractivity contribution in [3.8, 4) is 0 Å². The summed E-state index contributed by atoms with van der Waals surface area (Å²) >= 11 is 0. The molecule has 0 spiro atoms. The monoisotopic (exact) mass is 534 g/mol. The summed E-state index contributed by atoms with van der Waals surface area (Å²) in [5.41, 5.74) is -0.720. The number of hydrogen-bond acceptors (Lipinski definition) is 7. The van der Waals surface area contributed by atoms with E-state index in [9.17, 15) is 32.8 Å². The molecule has 0 saturated carbocycles. The van der Waals surface area contributed by atoms with E-state index in [0.717, 1.165) is 19.1 Å². The highest BCUT2D eigenvalue weighted by atomic mass is 32.2. The second-order valence-corrected chi connectivity index (χ2v) is 11.0. The SMILES string of the molecule is CC1(S(=O)(=O)O)C=C(C(=O)c2ccccc2)C=C(C(=O)c2ccccc2)C1C1O[C@H](CO)[C@@H](O)C1(F)F. The van der Waals surface area contributed by atoms with Gasteiger partial charge < -0.3 is 14.9 Å². The molecule has 2 aromatic carbocycles. The number of hydrogen-bond donors (Lipinski definition) is 3. The van der Waals surface area contributed by atoms with Gasteiger partial charge in [0.1, 0.15) is 23.1 Å². The Kier molecular flexibility index (Phi) is 7.04. The van der Waals surface area contributed by atoms with Gasteiger partial charge in [0.25, 0.3) is 10.1 Å². The first-order valence-corrected chi connectivity index (χ1v) is 12.7. The van der Waals surface area contributed by atoms with Crippen LogP contribution in [0.2, 0.25) is 0 Å². The molecule has 37 heavy (non-hydrogen) atoms. The summed E-state index contributed by atoms with van der Waals surface area (Å²) in [4.78, 5) is 26.9. The number of alkyl halides is 2. The molecular weight excluding hydrogens is 510 g/mol. The molecule has 1 aliphatic carbocycles. The molecule has 3 N–H and O–H groups in total. The minimum atomic E-state index is -5.28. The Hall–Kier alpha value is -3.09. The Morgan fingerprint density at radius 2 is 1.49 bits per heavy atom. The molecule has 3 unspecified atom stereocenters. The van der Waals surface area contributed by atoms with Crippen LogP contribution in [-0.4, -0.2) is 70.3 Å². The van der Waals surface area contributed by atoms with Crippen LogP contribution in [0.3, 0.4) is 0 Å². The van der Waals surface area contributed by atoms with Crippen molar-refractivity contribution in [1.82, 2.24) is 0 Å². The van der Waals surface area contributed by atoms with E-state index in [0.29, 0.717) is 0 Å². The van der Waals surface area contributed by atoms with Crippen molar-refractivity contribution >= 4 is 21.7 Å². The Bertz CT molecular complexity index is 1370. The molecule has 1 aliphatic heterocycles. The molecule has 1 heterocycles. The van der Waals surface area contributed by atoms with Crippen molar-refractivity contribution in [3.63, 3.8) is 0 Å². The van der Waals surface area contributed by atoms with Gasteiger partial charge in [-0.3, -0.25) is 14.1 Å². The fraction of sp³-hybridized carbons (Fsp3) is 0.308. The summed E-state index contributed by atoms with van der Waals surface area (Å²) in [7, 11) is -5.28. The number of carbonyl (C=O) groups is 2. The van der Waals surface area contributed by atoms with Gasteiger partial charge in [0.05, 0.1) is 6.61 Å². The van der Waals surface area contributed by atoms with Gasteiger partial charge in [0.2, 0.25) is 0 Å². The van der Waals surface area contributed by atoms with Gasteiger partial charge in [-0.05, 0) is 19.1 Å². The van der Waals surface area contributed by atoms with E-state index in [1.54, 1.807) is 24.3 Å². The van der Waals surface area contributed by atoms with Crippen molar-refractivity contribution in [3.05, 3.63) is 95.1 Å². The summed E-state index contributed by atoms with van der Waals surface area (Å²) in [6.07, 6.45) is -4.91. The van der Waals surface area contributed by atoms with Gasteiger partial charge >= 0.3 is 5.92 Å².